The van der Waals surface area contributed by atoms with Gasteiger partial charge in [-0.25, -0.2) is 4.79 Å². The molecule has 2 bridgehead atoms. The zero-order chi connectivity index (χ0) is 24.4. The van der Waals surface area contributed by atoms with E-state index in [0.29, 0.717) is 56.2 Å². The Bertz CT molecular complexity index is 1100. The van der Waals surface area contributed by atoms with Gasteiger partial charge in [0.15, 0.2) is 6.10 Å². The molecule has 3 fully saturated rings. The summed E-state index contributed by atoms with van der Waals surface area (Å²) >= 11 is 0. The van der Waals surface area contributed by atoms with Gasteiger partial charge >= 0.3 is 6.09 Å². The topological polar surface area (TPSA) is 115 Å². The monoisotopic (exact) mass is 476 g/mol. The molecule has 35 heavy (non-hydrogen) atoms. The number of nitrogens with zero attached hydrogens (tertiary/aromatic N) is 3. The lowest BCUT2D eigenvalue weighted by Crippen LogP contribution is -2.65. The average Bonchev–Trinajstić information content (AvgIpc) is 3.25. The van der Waals surface area contributed by atoms with Gasteiger partial charge in [0.1, 0.15) is 11.5 Å². The van der Waals surface area contributed by atoms with Crippen LogP contribution in [0.4, 0.5) is 4.79 Å². The standard InChI is InChI=1S/C26H28N4O5/c27-13-18-6-8-22(9-7-18)34-23-10-11-28-26(23,33)24(31)29-14-19-12-20(15-29)17-30(16-19)25(32)35-21-4-2-1-3-5-21/h1-9,19-20,23,28,33H,10-12,14-17H2/t19?,20?,23?,26-/m1/s1. The summed E-state index contributed by atoms with van der Waals surface area (Å²) in [5.41, 5.74) is -1.32. The van der Waals surface area contributed by atoms with Crippen molar-refractivity contribution >= 4 is 12.0 Å². The second kappa shape index (κ2) is 9.56. The molecule has 3 aliphatic heterocycles. The minimum Gasteiger partial charge on any atom is -0.485 e. The maximum atomic E-state index is 13.5. The van der Waals surface area contributed by atoms with E-state index in [1.54, 1.807) is 46.2 Å². The number of hydrogen-bond donors (Lipinski definition) is 2. The molecule has 5 rings (SSSR count). The van der Waals surface area contributed by atoms with Crippen molar-refractivity contribution in [2.45, 2.75) is 24.7 Å². The van der Waals surface area contributed by atoms with Crippen LogP contribution in [0.25, 0.3) is 0 Å². The molecule has 4 atom stereocenters. The van der Waals surface area contributed by atoms with Crippen molar-refractivity contribution in [1.29, 1.82) is 5.26 Å². The van der Waals surface area contributed by atoms with Gasteiger partial charge in [0.05, 0.1) is 11.6 Å². The molecule has 2 aromatic rings. The SMILES string of the molecule is N#Cc1ccc(OC2CCN[C@]2(O)C(=O)N2CC3CC(CN(C(=O)Oc4ccccc4)C3)C2)cc1. The van der Waals surface area contributed by atoms with E-state index in [0.717, 1.165) is 6.42 Å². The number of rotatable bonds is 4. The van der Waals surface area contributed by atoms with Crippen LogP contribution in [0.2, 0.25) is 0 Å². The van der Waals surface area contributed by atoms with Crippen LogP contribution in [-0.2, 0) is 4.79 Å². The highest BCUT2D eigenvalue weighted by Gasteiger charge is 2.53. The highest BCUT2D eigenvalue weighted by molar-refractivity contribution is 5.86. The molecule has 2 amide bonds. The van der Waals surface area contributed by atoms with Gasteiger partial charge < -0.3 is 24.4 Å². The summed E-state index contributed by atoms with van der Waals surface area (Å²) in [5.74, 6) is 0.818. The number of benzene rings is 2. The summed E-state index contributed by atoms with van der Waals surface area (Å²) in [6, 6.07) is 17.6. The zero-order valence-corrected chi connectivity index (χ0v) is 19.3. The van der Waals surface area contributed by atoms with Gasteiger partial charge in [0.25, 0.3) is 5.91 Å². The number of hydrogen-bond acceptors (Lipinski definition) is 7. The maximum absolute atomic E-state index is 13.5. The number of nitrogens with one attached hydrogen (secondary N) is 1. The van der Waals surface area contributed by atoms with Crippen molar-refractivity contribution in [3.63, 3.8) is 0 Å². The molecular formula is C26H28N4O5. The van der Waals surface area contributed by atoms with E-state index in [1.165, 1.54) is 0 Å². The quantitative estimate of drug-likeness (QED) is 0.693. The lowest BCUT2D eigenvalue weighted by molar-refractivity contribution is -0.166. The van der Waals surface area contributed by atoms with Gasteiger partial charge in [-0.1, -0.05) is 18.2 Å². The Balaban J connectivity index is 1.22. The molecule has 3 saturated heterocycles. The molecule has 2 N–H and O–H groups in total. The number of aliphatic hydroxyl groups is 1. The first-order chi connectivity index (χ1) is 16.9. The van der Waals surface area contributed by atoms with Crippen molar-refractivity contribution in [2.24, 2.45) is 11.8 Å². The Labute approximate surface area is 203 Å². The molecule has 3 unspecified atom stereocenters. The van der Waals surface area contributed by atoms with Gasteiger partial charge in [0.2, 0.25) is 5.72 Å². The number of likely N-dealkylation sites (tertiary alicyclic amines) is 2. The van der Waals surface area contributed by atoms with Crippen LogP contribution in [0.5, 0.6) is 11.5 Å². The van der Waals surface area contributed by atoms with Crippen molar-refractivity contribution in [3.8, 4) is 17.6 Å². The molecule has 0 radical (unpaired) electrons. The predicted molar refractivity (Wildman–Crippen MR) is 125 cm³/mol. The Morgan fingerprint density at radius 3 is 2.29 bits per heavy atom. The Morgan fingerprint density at radius 1 is 0.971 bits per heavy atom. The molecule has 2 aromatic carbocycles. The second-order valence-corrected chi connectivity index (χ2v) is 9.49. The number of carbonyl (C=O) groups is 2. The number of carbonyl (C=O) groups excluding carboxylic acids is 2. The third-order valence-electron chi connectivity index (χ3n) is 6.93. The fourth-order valence-electron chi connectivity index (χ4n) is 5.34. The molecular weight excluding hydrogens is 448 g/mol. The predicted octanol–water partition coefficient (Wildman–Crippen LogP) is 1.97. The number of nitriles is 1. The Hall–Kier alpha value is -3.61. The molecule has 3 heterocycles. The summed E-state index contributed by atoms with van der Waals surface area (Å²) in [6.45, 7) is 2.37. The lowest BCUT2D eigenvalue weighted by Gasteiger charge is -2.47. The Morgan fingerprint density at radius 2 is 1.63 bits per heavy atom. The first kappa shape index (κ1) is 23.1. The summed E-state index contributed by atoms with van der Waals surface area (Å²) in [5, 5.41) is 23.3. The van der Waals surface area contributed by atoms with Crippen molar-refractivity contribution in [3.05, 3.63) is 60.2 Å². The van der Waals surface area contributed by atoms with E-state index in [1.807, 2.05) is 18.2 Å². The van der Waals surface area contributed by atoms with E-state index in [4.69, 9.17) is 14.7 Å². The normalized spacial score (nSPS) is 27.7. The van der Waals surface area contributed by atoms with Crippen LogP contribution in [0, 0.1) is 23.2 Å². The van der Waals surface area contributed by atoms with Gasteiger partial charge in [-0.05, 0) is 54.7 Å². The largest absolute Gasteiger partial charge is 0.485 e. The summed E-state index contributed by atoms with van der Waals surface area (Å²) < 4.78 is 11.5. The van der Waals surface area contributed by atoms with Gasteiger partial charge in [-0.2, -0.15) is 5.26 Å². The number of amides is 2. The van der Waals surface area contributed by atoms with E-state index in [-0.39, 0.29) is 17.9 Å². The fourth-order valence-corrected chi connectivity index (χ4v) is 5.34. The highest BCUT2D eigenvalue weighted by atomic mass is 16.6. The van der Waals surface area contributed by atoms with Crippen LogP contribution >= 0.6 is 0 Å². The smallest absolute Gasteiger partial charge is 0.415 e. The zero-order valence-electron chi connectivity index (χ0n) is 19.3. The van der Waals surface area contributed by atoms with E-state index in [9.17, 15) is 14.7 Å². The highest BCUT2D eigenvalue weighted by Crippen LogP contribution is 2.32. The van der Waals surface area contributed by atoms with E-state index in [2.05, 4.69) is 11.4 Å². The molecule has 3 aliphatic rings. The summed E-state index contributed by atoms with van der Waals surface area (Å²) in [7, 11) is 0. The maximum Gasteiger partial charge on any atom is 0.415 e. The number of ether oxygens (including phenoxy) is 2. The minimum absolute atomic E-state index is 0.109. The molecule has 0 aliphatic carbocycles. The molecule has 9 nitrogen and oxygen atoms in total. The van der Waals surface area contributed by atoms with Crippen molar-refractivity contribution in [1.82, 2.24) is 15.1 Å². The van der Waals surface area contributed by atoms with Crippen LogP contribution < -0.4 is 14.8 Å². The molecule has 0 saturated carbocycles. The third kappa shape index (κ3) is 4.81. The fraction of sp³-hybridized carbons (Fsp3) is 0.423. The number of piperidine rings is 2. The molecule has 0 spiro atoms. The number of para-hydroxylation sites is 1. The van der Waals surface area contributed by atoms with Crippen LogP contribution in [0.1, 0.15) is 18.4 Å². The third-order valence-corrected chi connectivity index (χ3v) is 6.93. The van der Waals surface area contributed by atoms with Crippen molar-refractivity contribution in [2.75, 3.05) is 32.7 Å². The van der Waals surface area contributed by atoms with Gasteiger partial charge in [-0.15, -0.1) is 0 Å². The summed E-state index contributed by atoms with van der Waals surface area (Å²) in [6.07, 6.45) is 0.275. The second-order valence-electron chi connectivity index (χ2n) is 9.49. The van der Waals surface area contributed by atoms with Crippen molar-refractivity contribution < 1.29 is 24.2 Å². The lowest BCUT2D eigenvalue weighted by atomic mass is 9.84. The number of fused-ring (bicyclic) bond motifs is 2. The molecule has 9 heteroatoms. The molecule has 0 aromatic heterocycles. The molecule has 182 valence electrons. The summed E-state index contributed by atoms with van der Waals surface area (Å²) in [4.78, 5) is 29.6. The van der Waals surface area contributed by atoms with E-state index >= 15 is 0 Å². The Kier molecular flexibility index (Phi) is 6.32. The van der Waals surface area contributed by atoms with Gasteiger partial charge in [-0.3, -0.25) is 10.1 Å². The minimum atomic E-state index is -1.83. The van der Waals surface area contributed by atoms with Crippen LogP contribution in [-0.4, -0.2) is 71.5 Å². The average molecular weight is 477 g/mol. The van der Waals surface area contributed by atoms with Crippen LogP contribution in [0.15, 0.2) is 54.6 Å². The van der Waals surface area contributed by atoms with E-state index < -0.39 is 17.7 Å². The first-order valence-electron chi connectivity index (χ1n) is 11.9. The van der Waals surface area contributed by atoms with Crippen LogP contribution in [0.3, 0.4) is 0 Å². The van der Waals surface area contributed by atoms with Gasteiger partial charge in [0, 0.05) is 39.1 Å². The first-order valence-corrected chi connectivity index (χ1v) is 11.9.